The molecular formula is C24H21ClN4O6. The highest BCUT2D eigenvalue weighted by Gasteiger charge is 2.75. The van der Waals surface area contributed by atoms with Crippen LogP contribution in [-0.2, 0) is 19.9 Å². The van der Waals surface area contributed by atoms with Gasteiger partial charge in [-0.1, -0.05) is 11.6 Å². The van der Waals surface area contributed by atoms with Gasteiger partial charge in [-0.3, -0.25) is 29.4 Å². The highest BCUT2D eigenvalue weighted by atomic mass is 35.5. The lowest BCUT2D eigenvalue weighted by molar-refractivity contribution is -0.384. The first-order valence-electron chi connectivity index (χ1n) is 11.3. The number of non-ortho nitro benzene ring substituents is 1. The summed E-state index contributed by atoms with van der Waals surface area (Å²) in [5.41, 5.74) is 0.324. The Morgan fingerprint density at radius 2 is 1.97 bits per heavy atom. The molecule has 0 bridgehead atoms. The molecule has 0 aromatic heterocycles. The molecule has 6 rings (SSSR count). The van der Waals surface area contributed by atoms with Gasteiger partial charge in [0.05, 0.1) is 23.9 Å². The van der Waals surface area contributed by atoms with Gasteiger partial charge >= 0.3 is 0 Å². The summed E-state index contributed by atoms with van der Waals surface area (Å²) in [5.74, 6) is -3.02. The SMILES string of the molecule is COc1ccc([N+](=O)[O-])cc1N1C(=O)[C@@H]2[C@H]3CCCN3[C@]3(C(=O)Nc4c(C)cc(Cl)cc43)[C@H]2C1=O. The Hall–Kier alpha value is -3.50. The number of anilines is 2. The number of carbonyl (C=O) groups is 3. The van der Waals surface area contributed by atoms with Crippen molar-refractivity contribution in [1.29, 1.82) is 0 Å². The predicted molar refractivity (Wildman–Crippen MR) is 125 cm³/mol. The van der Waals surface area contributed by atoms with E-state index in [4.69, 9.17) is 16.3 Å². The van der Waals surface area contributed by atoms with Crippen LogP contribution in [0.2, 0.25) is 5.02 Å². The number of amides is 3. The van der Waals surface area contributed by atoms with Crippen molar-refractivity contribution in [3.05, 3.63) is 56.6 Å². The number of nitrogens with one attached hydrogen (secondary N) is 1. The zero-order chi connectivity index (χ0) is 24.8. The Morgan fingerprint density at radius 3 is 2.69 bits per heavy atom. The molecule has 11 heteroatoms. The van der Waals surface area contributed by atoms with Crippen LogP contribution in [0.5, 0.6) is 5.75 Å². The molecule has 1 N–H and O–H groups in total. The maximum atomic E-state index is 14.1. The van der Waals surface area contributed by atoms with Crippen molar-refractivity contribution >= 4 is 46.4 Å². The average Bonchev–Trinajstić information content (AvgIpc) is 3.52. The Kier molecular flexibility index (Phi) is 4.56. The summed E-state index contributed by atoms with van der Waals surface area (Å²) in [4.78, 5) is 55.6. The Morgan fingerprint density at radius 1 is 1.20 bits per heavy atom. The highest BCUT2D eigenvalue weighted by Crippen LogP contribution is 2.61. The van der Waals surface area contributed by atoms with E-state index in [1.807, 2.05) is 11.8 Å². The fourth-order valence-electron chi connectivity index (χ4n) is 6.64. The van der Waals surface area contributed by atoms with Gasteiger partial charge < -0.3 is 10.1 Å². The van der Waals surface area contributed by atoms with E-state index in [-0.39, 0.29) is 29.1 Å². The predicted octanol–water partition coefficient (Wildman–Crippen LogP) is 3.00. The minimum atomic E-state index is -1.38. The molecule has 2 aromatic carbocycles. The van der Waals surface area contributed by atoms with Crippen molar-refractivity contribution in [2.24, 2.45) is 11.8 Å². The van der Waals surface area contributed by atoms with Crippen LogP contribution in [-0.4, -0.2) is 47.2 Å². The number of methoxy groups -OCH3 is 1. The number of nitro benzene ring substituents is 1. The summed E-state index contributed by atoms with van der Waals surface area (Å²) in [6.07, 6.45) is 1.43. The first-order chi connectivity index (χ1) is 16.7. The van der Waals surface area contributed by atoms with Gasteiger partial charge in [-0.25, -0.2) is 4.90 Å². The second-order valence-electron chi connectivity index (χ2n) is 9.40. The smallest absolute Gasteiger partial charge is 0.271 e. The second-order valence-corrected chi connectivity index (χ2v) is 9.83. The number of nitrogens with zero attached hydrogens (tertiary/aromatic N) is 3. The number of fused-ring (bicyclic) bond motifs is 7. The molecule has 4 heterocycles. The zero-order valence-electron chi connectivity index (χ0n) is 18.9. The summed E-state index contributed by atoms with van der Waals surface area (Å²) in [6.45, 7) is 2.40. The van der Waals surface area contributed by atoms with Gasteiger partial charge in [-0.2, -0.15) is 0 Å². The number of aryl methyl sites for hydroxylation is 1. The molecule has 3 saturated heterocycles. The maximum absolute atomic E-state index is 14.1. The number of nitro groups is 1. The third-order valence-electron chi connectivity index (χ3n) is 7.88. The molecule has 10 nitrogen and oxygen atoms in total. The zero-order valence-corrected chi connectivity index (χ0v) is 19.7. The summed E-state index contributed by atoms with van der Waals surface area (Å²) < 4.78 is 5.35. The van der Waals surface area contributed by atoms with E-state index in [9.17, 15) is 24.5 Å². The summed E-state index contributed by atoms with van der Waals surface area (Å²) in [7, 11) is 1.36. The minimum Gasteiger partial charge on any atom is -0.495 e. The maximum Gasteiger partial charge on any atom is 0.271 e. The molecule has 3 amide bonds. The largest absolute Gasteiger partial charge is 0.495 e. The van der Waals surface area contributed by atoms with E-state index in [1.165, 1.54) is 25.3 Å². The molecule has 4 aliphatic heterocycles. The van der Waals surface area contributed by atoms with Crippen molar-refractivity contribution in [2.45, 2.75) is 31.3 Å². The summed E-state index contributed by atoms with van der Waals surface area (Å²) >= 11 is 6.40. The molecule has 2 aromatic rings. The minimum absolute atomic E-state index is 0.00620. The van der Waals surface area contributed by atoms with E-state index < -0.39 is 34.1 Å². The van der Waals surface area contributed by atoms with Gasteiger partial charge in [0.2, 0.25) is 17.7 Å². The molecule has 0 radical (unpaired) electrons. The lowest BCUT2D eigenvalue weighted by atomic mass is 9.75. The van der Waals surface area contributed by atoms with Crippen molar-refractivity contribution in [2.75, 3.05) is 23.9 Å². The molecule has 4 atom stereocenters. The highest BCUT2D eigenvalue weighted by molar-refractivity contribution is 6.31. The van der Waals surface area contributed by atoms with Crippen molar-refractivity contribution in [3.8, 4) is 5.75 Å². The molecule has 180 valence electrons. The Bertz CT molecular complexity index is 1360. The first-order valence-corrected chi connectivity index (χ1v) is 11.7. The van der Waals surface area contributed by atoms with E-state index >= 15 is 0 Å². The first kappa shape index (κ1) is 22.0. The summed E-state index contributed by atoms with van der Waals surface area (Å²) in [6, 6.07) is 6.91. The van der Waals surface area contributed by atoms with Crippen molar-refractivity contribution in [3.63, 3.8) is 0 Å². The topological polar surface area (TPSA) is 122 Å². The van der Waals surface area contributed by atoms with Crippen molar-refractivity contribution < 1.29 is 24.0 Å². The van der Waals surface area contributed by atoms with Crippen LogP contribution >= 0.6 is 11.6 Å². The molecule has 0 aliphatic carbocycles. The monoisotopic (exact) mass is 496 g/mol. The number of ether oxygens (including phenoxy) is 1. The molecule has 35 heavy (non-hydrogen) atoms. The van der Waals surface area contributed by atoms with Gasteiger partial charge in [-0.05, 0) is 50.1 Å². The van der Waals surface area contributed by atoms with Crippen LogP contribution in [0.15, 0.2) is 30.3 Å². The molecule has 0 unspecified atom stereocenters. The summed E-state index contributed by atoms with van der Waals surface area (Å²) in [5, 5.41) is 14.8. The molecule has 1 spiro atoms. The number of imide groups is 1. The van der Waals surface area contributed by atoms with Crippen LogP contribution in [0, 0.1) is 28.9 Å². The van der Waals surface area contributed by atoms with Gasteiger partial charge in [0.15, 0.2) is 0 Å². The number of benzene rings is 2. The lowest BCUT2D eigenvalue weighted by Crippen LogP contribution is -2.54. The average molecular weight is 497 g/mol. The van der Waals surface area contributed by atoms with E-state index in [0.29, 0.717) is 29.2 Å². The van der Waals surface area contributed by atoms with Crippen LogP contribution < -0.4 is 15.0 Å². The fourth-order valence-corrected chi connectivity index (χ4v) is 6.91. The van der Waals surface area contributed by atoms with Gasteiger partial charge in [0.1, 0.15) is 17.0 Å². The molecule has 4 aliphatic rings. The van der Waals surface area contributed by atoms with Crippen LogP contribution in [0.25, 0.3) is 0 Å². The van der Waals surface area contributed by atoms with Crippen LogP contribution in [0.1, 0.15) is 24.0 Å². The Balaban J connectivity index is 1.57. The van der Waals surface area contributed by atoms with E-state index in [0.717, 1.165) is 16.9 Å². The van der Waals surface area contributed by atoms with Crippen LogP contribution in [0.3, 0.4) is 0 Å². The number of hydrogen-bond donors (Lipinski definition) is 1. The third kappa shape index (κ3) is 2.61. The van der Waals surface area contributed by atoms with Gasteiger partial charge in [-0.15, -0.1) is 0 Å². The lowest BCUT2D eigenvalue weighted by Gasteiger charge is -2.36. The second kappa shape index (κ2) is 7.25. The third-order valence-corrected chi connectivity index (χ3v) is 8.10. The number of carbonyl (C=O) groups excluding carboxylic acids is 3. The molecule has 0 saturated carbocycles. The number of halogens is 1. The normalized spacial score (nSPS) is 28.9. The van der Waals surface area contributed by atoms with Gasteiger partial charge in [0.25, 0.3) is 5.69 Å². The molecule has 3 fully saturated rings. The molecular weight excluding hydrogens is 476 g/mol. The quantitative estimate of drug-likeness (QED) is 0.393. The van der Waals surface area contributed by atoms with E-state index in [1.54, 1.807) is 12.1 Å². The standard InChI is InChI=1S/C24H21ClN4O6/c1-11-8-12(25)9-14-20(11)26-23(32)24(14)19-18(15-4-3-7-27(15)24)21(30)28(22(19)31)16-10-13(29(33)34)5-6-17(16)35-2/h5-6,8-10,15,18-19H,3-4,7H2,1-2H3,(H,26,32)/t15-,18-,19-,24+/m1/s1. The fraction of sp³-hybridized carbons (Fsp3) is 0.375. The van der Waals surface area contributed by atoms with Crippen molar-refractivity contribution in [1.82, 2.24) is 4.90 Å². The van der Waals surface area contributed by atoms with Gasteiger partial charge in [0, 0.05) is 34.4 Å². The Labute approximate surface area is 204 Å². The van der Waals surface area contributed by atoms with Crippen LogP contribution in [0.4, 0.5) is 17.1 Å². The number of rotatable bonds is 3. The van der Waals surface area contributed by atoms with E-state index in [2.05, 4.69) is 5.32 Å². The number of hydrogen-bond acceptors (Lipinski definition) is 7.